The molecule has 0 amide bonds. The smallest absolute Gasteiger partial charge is 0.390 e. The molecule has 2 aromatic carbocycles. The van der Waals surface area contributed by atoms with Crippen LogP contribution in [-0.4, -0.2) is 67.0 Å². The van der Waals surface area contributed by atoms with Gasteiger partial charge in [-0.15, -0.1) is 0 Å². The second-order valence-electron chi connectivity index (χ2n) is 9.55. The van der Waals surface area contributed by atoms with Crippen molar-refractivity contribution in [3.63, 3.8) is 0 Å². The number of rotatable bonds is 16. The summed E-state index contributed by atoms with van der Waals surface area (Å²) in [4.78, 5) is 2.33. The molecule has 1 atom stereocenters. The van der Waals surface area contributed by atoms with Crippen LogP contribution in [0.4, 0.5) is 0 Å². The van der Waals surface area contributed by atoms with E-state index in [1.54, 1.807) is 0 Å². The van der Waals surface area contributed by atoms with Gasteiger partial charge in [-0.05, 0) is 58.8 Å². The molecule has 0 saturated carbocycles. The van der Waals surface area contributed by atoms with Crippen molar-refractivity contribution in [2.24, 2.45) is 0 Å². The van der Waals surface area contributed by atoms with E-state index in [0.717, 1.165) is 11.7 Å². The van der Waals surface area contributed by atoms with E-state index in [9.17, 15) is 0 Å². The summed E-state index contributed by atoms with van der Waals surface area (Å²) in [7, 11) is -5.49. The molecule has 35 heavy (non-hydrogen) atoms. The maximum atomic E-state index is 6.62. The first-order valence-corrected chi connectivity index (χ1v) is 17.0. The van der Waals surface area contributed by atoms with Crippen molar-refractivity contribution in [1.29, 1.82) is 0 Å². The molecule has 0 bridgehead atoms. The number of nitrogens with zero attached hydrogens (tertiary/aromatic N) is 1. The van der Waals surface area contributed by atoms with Gasteiger partial charge in [-0.2, -0.15) is 0 Å². The summed E-state index contributed by atoms with van der Waals surface area (Å²) in [6.45, 7) is 18.0. The normalized spacial score (nSPS) is 14.3. The second kappa shape index (κ2) is 14.4. The average molecular weight is 520 g/mol. The van der Waals surface area contributed by atoms with Crippen molar-refractivity contribution in [1.82, 2.24) is 4.90 Å². The lowest BCUT2D eigenvalue weighted by Gasteiger charge is -2.36. The van der Waals surface area contributed by atoms with E-state index in [2.05, 4.69) is 68.6 Å². The molecule has 0 aliphatic rings. The van der Waals surface area contributed by atoms with Crippen LogP contribution in [0.15, 0.2) is 60.7 Å². The summed E-state index contributed by atoms with van der Waals surface area (Å²) < 4.78 is 31.7. The Hall–Kier alpha value is -1.37. The first-order valence-electron chi connectivity index (χ1n) is 12.7. The van der Waals surface area contributed by atoms with Crippen LogP contribution >= 0.6 is 0 Å². The second-order valence-corrected chi connectivity index (χ2v) is 15.1. The molecule has 8 heteroatoms. The molecule has 0 saturated heterocycles. The predicted octanol–water partition coefficient (Wildman–Crippen LogP) is 4.89. The van der Waals surface area contributed by atoms with Gasteiger partial charge in [-0.3, -0.25) is 4.90 Å². The molecule has 0 aliphatic carbocycles. The van der Waals surface area contributed by atoms with Crippen LogP contribution in [0.3, 0.4) is 0 Å². The van der Waals surface area contributed by atoms with Gasteiger partial charge >= 0.3 is 17.4 Å². The van der Waals surface area contributed by atoms with Crippen molar-refractivity contribution in [3.05, 3.63) is 66.2 Å². The van der Waals surface area contributed by atoms with E-state index in [-0.39, 0.29) is 5.60 Å². The largest absolute Gasteiger partial charge is 0.515 e. The van der Waals surface area contributed by atoms with Gasteiger partial charge in [0.15, 0.2) is 0 Å². The SMILES string of the molecule is CCO[Si](CN(CCO[Si](C)(OC(C)(C)C)c1ccccc1)Cc1ccccc1)(OCC)OCC. The van der Waals surface area contributed by atoms with Crippen molar-refractivity contribution in [3.8, 4) is 0 Å². The molecule has 0 N–H and O–H groups in total. The molecular weight excluding hydrogens is 474 g/mol. The number of hydrogen-bond donors (Lipinski definition) is 0. The van der Waals surface area contributed by atoms with E-state index >= 15 is 0 Å². The van der Waals surface area contributed by atoms with Gasteiger partial charge in [0.05, 0.1) is 11.8 Å². The Kier molecular flexibility index (Phi) is 12.3. The zero-order valence-corrected chi connectivity index (χ0v) is 24.7. The summed E-state index contributed by atoms with van der Waals surface area (Å²) in [5, 5.41) is 1.13. The first-order chi connectivity index (χ1) is 16.7. The summed E-state index contributed by atoms with van der Waals surface area (Å²) in [6.07, 6.45) is 0.602. The quantitative estimate of drug-likeness (QED) is 0.295. The summed E-state index contributed by atoms with van der Waals surface area (Å²) in [5.41, 5.74) is 0.926. The van der Waals surface area contributed by atoms with E-state index in [0.29, 0.717) is 39.1 Å². The van der Waals surface area contributed by atoms with Gasteiger partial charge in [-0.25, -0.2) is 0 Å². The fourth-order valence-electron chi connectivity index (χ4n) is 4.12. The van der Waals surface area contributed by atoms with Crippen molar-refractivity contribution >= 4 is 22.6 Å². The monoisotopic (exact) mass is 519 g/mol. The molecule has 0 radical (unpaired) electrons. The molecule has 0 aromatic heterocycles. The van der Waals surface area contributed by atoms with Gasteiger partial charge in [0.2, 0.25) is 0 Å². The van der Waals surface area contributed by atoms with Gasteiger partial charge in [0.1, 0.15) is 0 Å². The first kappa shape index (κ1) is 29.9. The lowest BCUT2D eigenvalue weighted by atomic mass is 10.2. The van der Waals surface area contributed by atoms with Gasteiger partial charge < -0.3 is 22.1 Å². The van der Waals surface area contributed by atoms with Gasteiger partial charge in [0.25, 0.3) is 0 Å². The molecule has 0 aliphatic heterocycles. The van der Waals surface area contributed by atoms with Crippen LogP contribution in [0.1, 0.15) is 47.1 Å². The van der Waals surface area contributed by atoms with Crippen molar-refractivity contribution < 1.29 is 22.1 Å². The van der Waals surface area contributed by atoms with Crippen LogP contribution in [0.5, 0.6) is 0 Å². The highest BCUT2D eigenvalue weighted by atomic mass is 28.4. The highest BCUT2D eigenvalue weighted by Gasteiger charge is 2.43. The molecule has 0 fully saturated rings. The van der Waals surface area contributed by atoms with Gasteiger partial charge in [0, 0.05) is 39.5 Å². The van der Waals surface area contributed by atoms with Crippen LogP contribution in [0.25, 0.3) is 0 Å². The third-order valence-corrected chi connectivity index (χ3v) is 11.5. The summed E-state index contributed by atoms with van der Waals surface area (Å²) in [6, 6.07) is 20.8. The van der Waals surface area contributed by atoms with Crippen LogP contribution in [0.2, 0.25) is 6.55 Å². The van der Waals surface area contributed by atoms with E-state index in [1.165, 1.54) is 5.56 Å². The summed E-state index contributed by atoms with van der Waals surface area (Å²) in [5.74, 6) is 0. The highest BCUT2D eigenvalue weighted by molar-refractivity contribution is 6.80. The van der Waals surface area contributed by atoms with Gasteiger partial charge in [-0.1, -0.05) is 60.7 Å². The summed E-state index contributed by atoms with van der Waals surface area (Å²) >= 11 is 0. The Balaban J connectivity index is 2.23. The topological polar surface area (TPSA) is 49.4 Å². The zero-order chi connectivity index (χ0) is 25.8. The zero-order valence-electron chi connectivity index (χ0n) is 22.7. The third-order valence-electron chi connectivity index (χ3n) is 5.34. The Labute approximate surface area is 215 Å². The van der Waals surface area contributed by atoms with Crippen molar-refractivity contribution in [2.45, 2.75) is 60.2 Å². The maximum Gasteiger partial charge on any atom is 0.515 e. The fraction of sp³-hybridized carbons (Fsp3) is 0.556. The molecule has 2 aromatic rings. The number of hydrogen-bond acceptors (Lipinski definition) is 6. The van der Waals surface area contributed by atoms with E-state index in [1.807, 2.05) is 45.0 Å². The molecular formula is C27H45NO5Si2. The Bertz CT molecular complexity index is 817. The third kappa shape index (κ3) is 10.3. The minimum absolute atomic E-state index is 0.304. The molecule has 6 nitrogen and oxygen atoms in total. The average Bonchev–Trinajstić information content (AvgIpc) is 2.80. The van der Waals surface area contributed by atoms with E-state index < -0.39 is 17.4 Å². The van der Waals surface area contributed by atoms with E-state index in [4.69, 9.17) is 22.1 Å². The number of benzene rings is 2. The Morgan fingerprint density at radius 3 is 1.74 bits per heavy atom. The fourth-order valence-corrected chi connectivity index (χ4v) is 9.57. The molecule has 0 spiro atoms. The Morgan fingerprint density at radius 1 is 0.743 bits per heavy atom. The molecule has 1 unspecified atom stereocenters. The highest BCUT2D eigenvalue weighted by Crippen LogP contribution is 2.19. The lowest BCUT2D eigenvalue weighted by Crippen LogP contribution is -2.57. The van der Waals surface area contributed by atoms with Crippen LogP contribution in [0, 0.1) is 0 Å². The maximum absolute atomic E-state index is 6.62. The molecule has 2 rings (SSSR count). The predicted molar refractivity (Wildman–Crippen MR) is 147 cm³/mol. The molecule has 196 valence electrons. The minimum Gasteiger partial charge on any atom is -0.390 e. The minimum atomic E-state index is -2.86. The standard InChI is InChI=1S/C27H45NO5Si2/c1-8-29-35(30-9-2,31-10-3)24-28(23-25-17-13-11-14-18-25)21-22-32-34(7,33-27(4,5)6)26-19-15-12-16-20-26/h11-20H,8-10,21-24H2,1-7H3. The van der Waals surface area contributed by atoms with Crippen molar-refractivity contribution in [2.75, 3.05) is 39.1 Å². The van der Waals surface area contributed by atoms with Crippen LogP contribution < -0.4 is 5.19 Å². The lowest BCUT2D eigenvalue weighted by molar-refractivity contribution is 0.0486. The van der Waals surface area contributed by atoms with Crippen LogP contribution in [-0.2, 0) is 28.7 Å². The Morgan fingerprint density at radius 2 is 1.26 bits per heavy atom. The molecule has 0 heterocycles.